The molecule has 112 valence electrons. The first-order valence-electron chi connectivity index (χ1n) is 6.44. The van der Waals surface area contributed by atoms with Crippen LogP contribution in [0.2, 0.25) is 0 Å². The molecule has 3 nitrogen and oxygen atoms in total. The number of halogens is 2. The average molecular weight is 354 g/mol. The third-order valence-corrected chi connectivity index (χ3v) is 3.80. The first kappa shape index (κ1) is 15.8. The second-order valence-electron chi connectivity index (χ2n) is 4.50. The van der Waals surface area contributed by atoms with E-state index in [-0.39, 0.29) is 17.6 Å². The maximum atomic E-state index is 13.9. The third kappa shape index (κ3) is 3.36. The summed E-state index contributed by atoms with van der Waals surface area (Å²) in [5.74, 6) is 0.586. The molecule has 0 bridgehead atoms. The van der Waals surface area contributed by atoms with E-state index >= 15 is 0 Å². The first-order valence-corrected chi connectivity index (χ1v) is 7.24. The number of rotatable bonds is 5. The van der Waals surface area contributed by atoms with Gasteiger partial charge < -0.3 is 14.8 Å². The Morgan fingerprint density at radius 3 is 2.33 bits per heavy atom. The number of ether oxygens (including phenoxy) is 2. The lowest BCUT2D eigenvalue weighted by molar-refractivity contribution is 0.385. The van der Waals surface area contributed by atoms with E-state index in [2.05, 4.69) is 21.2 Å². The van der Waals surface area contributed by atoms with Gasteiger partial charge in [-0.2, -0.15) is 0 Å². The van der Waals surface area contributed by atoms with Crippen molar-refractivity contribution in [2.75, 3.05) is 21.3 Å². The van der Waals surface area contributed by atoms with Gasteiger partial charge in [-0.05, 0) is 36.9 Å². The molecule has 2 rings (SSSR count). The summed E-state index contributed by atoms with van der Waals surface area (Å²) in [5, 5.41) is 3.19. The number of methoxy groups -OCH3 is 2. The lowest BCUT2D eigenvalue weighted by Gasteiger charge is -2.20. The quantitative estimate of drug-likeness (QED) is 0.883. The van der Waals surface area contributed by atoms with Crippen LogP contribution >= 0.6 is 15.9 Å². The van der Waals surface area contributed by atoms with E-state index in [1.165, 1.54) is 13.2 Å². The van der Waals surface area contributed by atoms with Crippen molar-refractivity contribution in [1.82, 2.24) is 5.32 Å². The fourth-order valence-electron chi connectivity index (χ4n) is 2.29. The van der Waals surface area contributed by atoms with Crippen molar-refractivity contribution in [3.63, 3.8) is 0 Å². The third-order valence-electron chi connectivity index (χ3n) is 3.30. The number of benzene rings is 2. The fraction of sp³-hybridized carbons (Fsp3) is 0.250. The Morgan fingerprint density at radius 1 is 1.05 bits per heavy atom. The first-order chi connectivity index (χ1) is 10.1. The van der Waals surface area contributed by atoms with Gasteiger partial charge in [-0.25, -0.2) is 4.39 Å². The molecule has 0 aliphatic rings. The molecule has 0 heterocycles. The Morgan fingerprint density at radius 2 is 1.76 bits per heavy atom. The summed E-state index contributed by atoms with van der Waals surface area (Å²) in [7, 11) is 4.90. The van der Waals surface area contributed by atoms with Crippen LogP contribution in [0.4, 0.5) is 4.39 Å². The molecule has 1 unspecified atom stereocenters. The summed E-state index contributed by atoms with van der Waals surface area (Å²) in [6.07, 6.45) is 0. The van der Waals surface area contributed by atoms with Gasteiger partial charge in [0.25, 0.3) is 0 Å². The van der Waals surface area contributed by atoms with Gasteiger partial charge >= 0.3 is 0 Å². The summed E-state index contributed by atoms with van der Waals surface area (Å²) < 4.78 is 25.2. The monoisotopic (exact) mass is 353 g/mol. The second-order valence-corrected chi connectivity index (χ2v) is 5.42. The summed E-state index contributed by atoms with van der Waals surface area (Å²) in [5.41, 5.74) is 1.74. The summed E-state index contributed by atoms with van der Waals surface area (Å²) in [6, 6.07) is 10.5. The van der Waals surface area contributed by atoms with E-state index in [0.717, 1.165) is 21.3 Å². The molecule has 0 aromatic heterocycles. The highest BCUT2D eigenvalue weighted by molar-refractivity contribution is 9.10. The predicted octanol–water partition coefficient (Wildman–Crippen LogP) is 3.91. The molecule has 5 heteroatoms. The van der Waals surface area contributed by atoms with Crippen molar-refractivity contribution >= 4 is 15.9 Å². The standard InChI is InChI=1S/C16H17BrFNO2/c1-19-16(10-4-7-14(20-2)13(18)8-10)12-6-5-11(17)9-15(12)21-3/h4-9,16,19H,1-3H3. The van der Waals surface area contributed by atoms with Crippen molar-refractivity contribution in [2.24, 2.45) is 0 Å². The van der Waals surface area contributed by atoms with Crippen LogP contribution in [-0.2, 0) is 0 Å². The minimum atomic E-state index is -0.383. The summed E-state index contributed by atoms with van der Waals surface area (Å²) in [6.45, 7) is 0. The molecule has 0 saturated carbocycles. The number of nitrogens with one attached hydrogen (secondary N) is 1. The van der Waals surface area contributed by atoms with Crippen LogP contribution in [0.1, 0.15) is 17.2 Å². The lowest BCUT2D eigenvalue weighted by Crippen LogP contribution is -2.18. The van der Waals surface area contributed by atoms with Crippen LogP contribution < -0.4 is 14.8 Å². The summed E-state index contributed by atoms with van der Waals surface area (Å²) in [4.78, 5) is 0. The topological polar surface area (TPSA) is 30.5 Å². The molecule has 2 aromatic rings. The maximum absolute atomic E-state index is 13.9. The minimum Gasteiger partial charge on any atom is -0.496 e. The smallest absolute Gasteiger partial charge is 0.165 e. The molecule has 0 saturated heterocycles. The van der Waals surface area contributed by atoms with Crippen molar-refractivity contribution in [1.29, 1.82) is 0 Å². The molecule has 21 heavy (non-hydrogen) atoms. The van der Waals surface area contributed by atoms with E-state index in [1.807, 2.05) is 31.3 Å². The van der Waals surface area contributed by atoms with Gasteiger partial charge in [-0.3, -0.25) is 0 Å². The van der Waals surface area contributed by atoms with Crippen LogP contribution in [0.15, 0.2) is 40.9 Å². The second kappa shape index (κ2) is 6.91. The molecule has 0 amide bonds. The van der Waals surface area contributed by atoms with E-state index in [4.69, 9.17) is 9.47 Å². The van der Waals surface area contributed by atoms with E-state index in [9.17, 15) is 4.39 Å². The van der Waals surface area contributed by atoms with Crippen molar-refractivity contribution in [3.8, 4) is 11.5 Å². The molecule has 0 aliphatic carbocycles. The zero-order valence-corrected chi connectivity index (χ0v) is 13.7. The zero-order valence-electron chi connectivity index (χ0n) is 12.1. The number of hydrogen-bond acceptors (Lipinski definition) is 3. The van der Waals surface area contributed by atoms with E-state index < -0.39 is 0 Å². The summed E-state index contributed by atoms with van der Waals surface area (Å²) >= 11 is 3.42. The zero-order chi connectivity index (χ0) is 15.4. The van der Waals surface area contributed by atoms with Crippen LogP contribution in [0.3, 0.4) is 0 Å². The molecule has 0 aliphatic heterocycles. The lowest BCUT2D eigenvalue weighted by atomic mass is 9.97. The number of hydrogen-bond donors (Lipinski definition) is 1. The Kier molecular flexibility index (Phi) is 5.20. The van der Waals surface area contributed by atoms with Gasteiger partial charge in [0.05, 0.1) is 20.3 Å². The Labute approximate surface area is 132 Å². The van der Waals surface area contributed by atoms with Gasteiger partial charge in [-0.15, -0.1) is 0 Å². The molecule has 0 spiro atoms. The van der Waals surface area contributed by atoms with Crippen LogP contribution in [0.5, 0.6) is 11.5 Å². The van der Waals surface area contributed by atoms with Crippen molar-refractivity contribution in [3.05, 3.63) is 57.8 Å². The van der Waals surface area contributed by atoms with E-state index in [1.54, 1.807) is 13.2 Å². The largest absolute Gasteiger partial charge is 0.496 e. The van der Waals surface area contributed by atoms with Gasteiger partial charge in [0.15, 0.2) is 11.6 Å². The Hall–Kier alpha value is -1.59. The van der Waals surface area contributed by atoms with E-state index in [0.29, 0.717) is 0 Å². The molecule has 0 radical (unpaired) electrons. The fourth-order valence-corrected chi connectivity index (χ4v) is 2.63. The predicted molar refractivity (Wildman–Crippen MR) is 84.5 cm³/mol. The minimum absolute atomic E-state index is 0.173. The van der Waals surface area contributed by atoms with Gasteiger partial charge in [-0.1, -0.05) is 28.1 Å². The normalized spacial score (nSPS) is 12.0. The SMILES string of the molecule is CNC(c1ccc(OC)c(F)c1)c1ccc(Br)cc1OC. The van der Waals surface area contributed by atoms with Crippen LogP contribution in [0, 0.1) is 5.82 Å². The highest BCUT2D eigenvalue weighted by Crippen LogP contribution is 2.33. The molecule has 1 N–H and O–H groups in total. The molecular formula is C16H17BrFNO2. The van der Waals surface area contributed by atoms with Crippen molar-refractivity contribution in [2.45, 2.75) is 6.04 Å². The molecule has 2 aromatic carbocycles. The Balaban J connectivity index is 2.46. The highest BCUT2D eigenvalue weighted by Gasteiger charge is 2.18. The Bertz CT molecular complexity index is 634. The van der Waals surface area contributed by atoms with Gasteiger partial charge in [0.1, 0.15) is 5.75 Å². The highest BCUT2D eigenvalue weighted by atomic mass is 79.9. The maximum Gasteiger partial charge on any atom is 0.165 e. The van der Waals surface area contributed by atoms with Gasteiger partial charge in [0, 0.05) is 10.0 Å². The van der Waals surface area contributed by atoms with Crippen LogP contribution in [0.25, 0.3) is 0 Å². The average Bonchev–Trinajstić information content (AvgIpc) is 2.49. The van der Waals surface area contributed by atoms with Crippen LogP contribution in [-0.4, -0.2) is 21.3 Å². The molecule has 0 fully saturated rings. The molecular weight excluding hydrogens is 337 g/mol. The van der Waals surface area contributed by atoms with Gasteiger partial charge in [0.2, 0.25) is 0 Å². The van der Waals surface area contributed by atoms with Crippen molar-refractivity contribution < 1.29 is 13.9 Å². The molecule has 1 atom stereocenters.